The minimum Gasteiger partial charge on any atom is -0.100 e. The third kappa shape index (κ3) is 5.58. The Bertz CT molecular complexity index is 831. The van der Waals surface area contributed by atoms with E-state index in [0.717, 1.165) is 12.8 Å². The van der Waals surface area contributed by atoms with Gasteiger partial charge < -0.3 is 0 Å². The van der Waals surface area contributed by atoms with Gasteiger partial charge in [0.05, 0.1) is 0 Å². The van der Waals surface area contributed by atoms with Gasteiger partial charge in [-0.2, -0.15) is 0 Å². The van der Waals surface area contributed by atoms with Crippen LogP contribution in [0.4, 0.5) is 0 Å². The Labute approximate surface area is 172 Å². The van der Waals surface area contributed by atoms with Crippen molar-refractivity contribution in [1.29, 1.82) is 0 Å². The summed E-state index contributed by atoms with van der Waals surface area (Å²) < 4.78 is 0. The molecule has 0 spiro atoms. The van der Waals surface area contributed by atoms with E-state index in [1.54, 1.807) is 0 Å². The highest BCUT2D eigenvalue weighted by molar-refractivity contribution is 5.39. The third-order valence-corrected chi connectivity index (χ3v) is 5.59. The second-order valence-corrected chi connectivity index (χ2v) is 8.53. The number of benzene rings is 2. The monoisotopic (exact) mass is 372 g/mol. The lowest BCUT2D eigenvalue weighted by Crippen LogP contribution is -2.36. The molecular formula is C28H36. The van der Waals surface area contributed by atoms with E-state index < -0.39 is 0 Å². The number of aryl methyl sites for hydroxylation is 2. The first-order valence-corrected chi connectivity index (χ1v) is 10.3. The Morgan fingerprint density at radius 3 is 2.18 bits per heavy atom. The maximum Gasteiger partial charge on any atom is 0.00906 e. The fraction of sp³-hybridized carbons (Fsp3) is 0.357. The highest BCUT2D eigenvalue weighted by Crippen LogP contribution is 2.43. The van der Waals surface area contributed by atoms with E-state index in [9.17, 15) is 0 Å². The normalized spacial score (nSPS) is 15.4. The molecule has 1 unspecified atom stereocenters. The highest BCUT2D eigenvalue weighted by Gasteiger charge is 2.37. The van der Waals surface area contributed by atoms with Crippen molar-refractivity contribution in [3.8, 4) is 0 Å². The molecule has 2 aromatic carbocycles. The zero-order valence-corrected chi connectivity index (χ0v) is 18.5. The van der Waals surface area contributed by atoms with Gasteiger partial charge in [-0.25, -0.2) is 0 Å². The highest BCUT2D eigenvalue weighted by atomic mass is 14.4. The van der Waals surface area contributed by atoms with Gasteiger partial charge in [-0.15, -0.1) is 6.58 Å². The molecule has 0 aliphatic rings. The minimum absolute atomic E-state index is 0.0210. The van der Waals surface area contributed by atoms with Gasteiger partial charge in [0.25, 0.3) is 0 Å². The standard InChI is InChI=1S/C28H36/c1-8-12-22(4)16-25(7)28(19-21(2)3,20-26-13-10-9-11-14-26)27-17-23(5)15-24(6)18-27/h8-18,25H,2,19-20H2,1,3-7H3/b12-8-,22-16-/t25?,28-/m1/s1. The smallest absolute Gasteiger partial charge is 0.00906 e. The Hall–Kier alpha value is -2.34. The molecule has 0 nitrogen and oxygen atoms in total. The Kier molecular flexibility index (Phi) is 7.63. The third-order valence-electron chi connectivity index (χ3n) is 5.59. The molecule has 0 aliphatic carbocycles. The lowest BCUT2D eigenvalue weighted by Gasteiger charge is -2.40. The molecule has 0 N–H and O–H groups in total. The van der Waals surface area contributed by atoms with Crippen LogP contribution in [0.1, 0.15) is 56.4 Å². The summed E-state index contributed by atoms with van der Waals surface area (Å²) in [6.45, 7) is 17.5. The van der Waals surface area contributed by atoms with Crippen molar-refractivity contribution in [2.24, 2.45) is 5.92 Å². The van der Waals surface area contributed by atoms with E-state index in [-0.39, 0.29) is 5.41 Å². The largest absolute Gasteiger partial charge is 0.100 e. The molecule has 0 aromatic heterocycles. The summed E-state index contributed by atoms with van der Waals surface area (Å²) in [5.41, 5.74) is 8.00. The van der Waals surface area contributed by atoms with Crippen LogP contribution in [-0.2, 0) is 11.8 Å². The van der Waals surface area contributed by atoms with Gasteiger partial charge in [0, 0.05) is 5.41 Å². The maximum atomic E-state index is 4.32. The van der Waals surface area contributed by atoms with Crippen LogP contribution in [0, 0.1) is 19.8 Å². The van der Waals surface area contributed by atoms with Gasteiger partial charge in [0.2, 0.25) is 0 Å². The Morgan fingerprint density at radius 2 is 1.64 bits per heavy atom. The summed E-state index contributed by atoms with van der Waals surface area (Å²) in [7, 11) is 0. The van der Waals surface area contributed by atoms with Crippen LogP contribution in [0.15, 0.2) is 84.5 Å². The summed E-state index contributed by atoms with van der Waals surface area (Å²) >= 11 is 0. The van der Waals surface area contributed by atoms with E-state index in [4.69, 9.17) is 0 Å². The fourth-order valence-electron chi connectivity index (χ4n) is 4.48. The SMILES string of the molecule is C=C(C)C[C@](Cc1ccccc1)(c1cc(C)cc(C)c1)C(C)/C=C(C)\C=C/C. The number of allylic oxidation sites excluding steroid dienone is 5. The van der Waals surface area contributed by atoms with Gasteiger partial charge in [-0.05, 0) is 64.5 Å². The lowest BCUT2D eigenvalue weighted by atomic mass is 9.63. The average molecular weight is 373 g/mol. The first-order chi connectivity index (χ1) is 13.3. The average Bonchev–Trinajstić information content (AvgIpc) is 2.60. The molecule has 2 atom stereocenters. The molecule has 0 radical (unpaired) electrons. The van der Waals surface area contributed by atoms with Gasteiger partial charge in [0.1, 0.15) is 0 Å². The second kappa shape index (κ2) is 9.73. The number of hydrogen-bond donors (Lipinski definition) is 0. The summed E-state index contributed by atoms with van der Waals surface area (Å²) in [5, 5.41) is 0. The molecule has 0 saturated heterocycles. The number of hydrogen-bond acceptors (Lipinski definition) is 0. The summed E-state index contributed by atoms with van der Waals surface area (Å²) in [5.74, 6) is 0.377. The van der Waals surface area contributed by atoms with E-state index >= 15 is 0 Å². The molecule has 0 heterocycles. The molecule has 0 amide bonds. The van der Waals surface area contributed by atoms with Crippen LogP contribution in [0.25, 0.3) is 0 Å². The zero-order valence-electron chi connectivity index (χ0n) is 18.5. The van der Waals surface area contributed by atoms with E-state index in [0.29, 0.717) is 5.92 Å². The molecule has 0 heteroatoms. The van der Waals surface area contributed by atoms with Crippen molar-refractivity contribution in [3.05, 3.63) is 107 Å². The van der Waals surface area contributed by atoms with Crippen molar-refractivity contribution in [1.82, 2.24) is 0 Å². The molecule has 148 valence electrons. The van der Waals surface area contributed by atoms with Crippen LogP contribution in [0.2, 0.25) is 0 Å². The van der Waals surface area contributed by atoms with E-state index in [1.165, 1.54) is 33.4 Å². The topological polar surface area (TPSA) is 0 Å². The first-order valence-electron chi connectivity index (χ1n) is 10.3. The summed E-state index contributed by atoms with van der Waals surface area (Å²) in [6.07, 6.45) is 8.73. The zero-order chi connectivity index (χ0) is 20.7. The summed E-state index contributed by atoms with van der Waals surface area (Å²) in [6, 6.07) is 17.9. The lowest BCUT2D eigenvalue weighted by molar-refractivity contribution is 0.327. The predicted molar refractivity (Wildman–Crippen MR) is 125 cm³/mol. The van der Waals surface area contributed by atoms with Crippen molar-refractivity contribution < 1.29 is 0 Å². The molecule has 28 heavy (non-hydrogen) atoms. The molecule has 0 fully saturated rings. The van der Waals surface area contributed by atoms with E-state index in [2.05, 4.69) is 115 Å². The van der Waals surface area contributed by atoms with E-state index in [1.807, 2.05) is 0 Å². The molecule has 0 aliphatic heterocycles. The predicted octanol–water partition coefficient (Wildman–Crippen LogP) is 7.91. The van der Waals surface area contributed by atoms with Crippen molar-refractivity contribution in [3.63, 3.8) is 0 Å². The van der Waals surface area contributed by atoms with Crippen molar-refractivity contribution in [2.75, 3.05) is 0 Å². The number of rotatable bonds is 8. The maximum absolute atomic E-state index is 4.32. The Balaban J connectivity index is 2.70. The van der Waals surface area contributed by atoms with Crippen LogP contribution >= 0.6 is 0 Å². The van der Waals surface area contributed by atoms with Crippen molar-refractivity contribution in [2.45, 2.75) is 59.8 Å². The summed E-state index contributed by atoms with van der Waals surface area (Å²) in [4.78, 5) is 0. The quantitative estimate of drug-likeness (QED) is 0.326. The first kappa shape index (κ1) is 22.0. The van der Waals surface area contributed by atoms with Crippen LogP contribution < -0.4 is 0 Å². The van der Waals surface area contributed by atoms with Crippen LogP contribution in [-0.4, -0.2) is 0 Å². The van der Waals surface area contributed by atoms with Crippen LogP contribution in [0.3, 0.4) is 0 Å². The van der Waals surface area contributed by atoms with Gasteiger partial charge in [0.15, 0.2) is 0 Å². The molecule has 2 aromatic rings. The molecule has 2 rings (SSSR count). The fourth-order valence-corrected chi connectivity index (χ4v) is 4.48. The van der Waals surface area contributed by atoms with Crippen molar-refractivity contribution >= 4 is 0 Å². The molecule has 0 saturated carbocycles. The van der Waals surface area contributed by atoms with Crippen LogP contribution in [0.5, 0.6) is 0 Å². The van der Waals surface area contributed by atoms with Gasteiger partial charge in [-0.3, -0.25) is 0 Å². The van der Waals surface area contributed by atoms with Gasteiger partial charge >= 0.3 is 0 Å². The molecular weight excluding hydrogens is 336 g/mol. The second-order valence-electron chi connectivity index (χ2n) is 8.53. The Morgan fingerprint density at radius 1 is 1.04 bits per heavy atom. The minimum atomic E-state index is -0.0210. The van der Waals surface area contributed by atoms with Gasteiger partial charge in [-0.1, -0.05) is 96.0 Å². The molecule has 0 bridgehead atoms.